The van der Waals surface area contributed by atoms with Gasteiger partial charge in [0.15, 0.2) is 0 Å². The molecule has 0 amide bonds. The predicted molar refractivity (Wildman–Crippen MR) is 64.1 cm³/mol. The van der Waals surface area contributed by atoms with Crippen molar-refractivity contribution in [1.29, 1.82) is 5.26 Å². The Bertz CT molecular complexity index is 365. The summed E-state index contributed by atoms with van der Waals surface area (Å²) in [6.45, 7) is 10.7. The van der Waals surface area contributed by atoms with E-state index in [1.54, 1.807) is 0 Å². The molecule has 0 aromatic heterocycles. The quantitative estimate of drug-likeness (QED) is 0.706. The van der Waals surface area contributed by atoms with Crippen LogP contribution in [0.1, 0.15) is 61.8 Å². The lowest BCUT2D eigenvalue weighted by Gasteiger charge is -2.16. The number of benzene rings is 1. The zero-order valence-electron chi connectivity index (χ0n) is 10.3. The zero-order valence-corrected chi connectivity index (χ0v) is 10.3. The molecular weight excluding hydrogens is 182 g/mol. The number of nitriles is 1. The molecule has 0 saturated carbocycles. The van der Waals surface area contributed by atoms with Crippen LogP contribution < -0.4 is 0 Å². The van der Waals surface area contributed by atoms with Crippen LogP contribution >= 0.6 is 0 Å². The highest BCUT2D eigenvalue weighted by Crippen LogP contribution is 2.28. The summed E-state index contributed by atoms with van der Waals surface area (Å²) in [6.07, 6.45) is 0. The van der Waals surface area contributed by atoms with Crippen LogP contribution in [0.15, 0.2) is 12.1 Å². The van der Waals surface area contributed by atoms with Crippen molar-refractivity contribution in [2.75, 3.05) is 0 Å². The van der Waals surface area contributed by atoms with Crippen LogP contribution in [0.25, 0.3) is 0 Å². The van der Waals surface area contributed by atoms with Gasteiger partial charge in [0.2, 0.25) is 0 Å². The van der Waals surface area contributed by atoms with Gasteiger partial charge in [0, 0.05) is 0 Å². The molecule has 0 atom stereocenters. The molecule has 0 aliphatic heterocycles. The number of aryl methyl sites for hydroxylation is 1. The van der Waals surface area contributed by atoms with Gasteiger partial charge in [-0.25, -0.2) is 0 Å². The molecule has 0 saturated heterocycles. The van der Waals surface area contributed by atoms with Crippen LogP contribution in [-0.2, 0) is 0 Å². The number of hydrogen-bond donors (Lipinski definition) is 0. The smallest absolute Gasteiger partial charge is 0.0997 e. The van der Waals surface area contributed by atoms with Gasteiger partial charge in [-0.3, -0.25) is 0 Å². The first-order valence-electron chi connectivity index (χ1n) is 5.52. The van der Waals surface area contributed by atoms with Crippen LogP contribution in [0, 0.1) is 18.3 Å². The largest absolute Gasteiger partial charge is 0.192 e. The van der Waals surface area contributed by atoms with Gasteiger partial charge in [-0.05, 0) is 29.9 Å². The molecule has 0 fully saturated rings. The van der Waals surface area contributed by atoms with Crippen molar-refractivity contribution in [3.8, 4) is 6.07 Å². The van der Waals surface area contributed by atoms with Gasteiger partial charge in [0.25, 0.3) is 0 Å². The van der Waals surface area contributed by atoms with Gasteiger partial charge in [0.05, 0.1) is 11.6 Å². The van der Waals surface area contributed by atoms with E-state index in [9.17, 15) is 5.26 Å². The minimum Gasteiger partial charge on any atom is -0.192 e. The van der Waals surface area contributed by atoms with E-state index in [0.29, 0.717) is 11.8 Å². The Labute approximate surface area is 92.7 Å². The highest BCUT2D eigenvalue weighted by Gasteiger charge is 2.14. The van der Waals surface area contributed by atoms with E-state index in [1.165, 1.54) is 16.7 Å². The lowest BCUT2D eigenvalue weighted by molar-refractivity contribution is 0.824. The van der Waals surface area contributed by atoms with Crippen molar-refractivity contribution in [3.05, 3.63) is 34.4 Å². The van der Waals surface area contributed by atoms with E-state index in [-0.39, 0.29) is 0 Å². The third-order valence-electron chi connectivity index (χ3n) is 2.70. The molecule has 1 rings (SSSR count). The first-order chi connectivity index (χ1) is 6.97. The van der Waals surface area contributed by atoms with Crippen molar-refractivity contribution in [2.45, 2.75) is 46.5 Å². The molecule has 1 aromatic carbocycles. The average molecular weight is 201 g/mol. The first kappa shape index (κ1) is 11.8. The normalized spacial score (nSPS) is 10.8. The second-order valence-electron chi connectivity index (χ2n) is 4.74. The van der Waals surface area contributed by atoms with Crippen molar-refractivity contribution in [3.63, 3.8) is 0 Å². The van der Waals surface area contributed by atoms with Crippen molar-refractivity contribution >= 4 is 0 Å². The fourth-order valence-electron chi connectivity index (χ4n) is 1.88. The summed E-state index contributed by atoms with van der Waals surface area (Å²) in [6, 6.07) is 6.62. The molecule has 1 heteroatoms. The van der Waals surface area contributed by atoms with Crippen LogP contribution in [0.5, 0.6) is 0 Å². The Hall–Kier alpha value is -1.29. The van der Waals surface area contributed by atoms with Crippen molar-refractivity contribution in [2.24, 2.45) is 0 Å². The first-order valence-corrected chi connectivity index (χ1v) is 5.52. The standard InChI is InChI=1S/C14H19N/c1-9(2)12-6-11(5)7-13(10(3)4)14(12)8-15/h6-7,9-10H,1-5H3. The van der Waals surface area contributed by atoms with E-state index in [0.717, 1.165) is 5.56 Å². The van der Waals surface area contributed by atoms with Gasteiger partial charge in [-0.2, -0.15) is 5.26 Å². The maximum absolute atomic E-state index is 9.24. The van der Waals surface area contributed by atoms with Crippen molar-refractivity contribution in [1.82, 2.24) is 0 Å². The van der Waals surface area contributed by atoms with Gasteiger partial charge in [0.1, 0.15) is 0 Å². The molecule has 80 valence electrons. The Morgan fingerprint density at radius 1 is 1.00 bits per heavy atom. The SMILES string of the molecule is Cc1cc(C(C)C)c(C#N)c(C(C)C)c1. The monoisotopic (exact) mass is 201 g/mol. The summed E-state index contributed by atoms with van der Waals surface area (Å²) >= 11 is 0. The maximum Gasteiger partial charge on any atom is 0.0997 e. The molecule has 0 bridgehead atoms. The van der Waals surface area contributed by atoms with Crippen molar-refractivity contribution < 1.29 is 0 Å². The maximum atomic E-state index is 9.24. The van der Waals surface area contributed by atoms with E-state index < -0.39 is 0 Å². The minimum absolute atomic E-state index is 0.414. The van der Waals surface area contributed by atoms with E-state index in [1.807, 2.05) is 0 Å². The number of hydrogen-bond acceptors (Lipinski definition) is 1. The topological polar surface area (TPSA) is 23.8 Å². The molecule has 0 radical (unpaired) electrons. The molecule has 0 aliphatic carbocycles. The van der Waals surface area contributed by atoms with Crippen LogP contribution in [0.4, 0.5) is 0 Å². The average Bonchev–Trinajstić information content (AvgIpc) is 2.16. The summed E-state index contributed by atoms with van der Waals surface area (Å²) in [4.78, 5) is 0. The van der Waals surface area contributed by atoms with Gasteiger partial charge < -0.3 is 0 Å². The van der Waals surface area contributed by atoms with Gasteiger partial charge in [-0.15, -0.1) is 0 Å². The zero-order chi connectivity index (χ0) is 11.6. The summed E-state index contributed by atoms with van der Waals surface area (Å²) in [5.74, 6) is 0.828. The lowest BCUT2D eigenvalue weighted by Crippen LogP contribution is -2.01. The Morgan fingerprint density at radius 2 is 1.40 bits per heavy atom. The highest BCUT2D eigenvalue weighted by atomic mass is 14.3. The van der Waals surface area contributed by atoms with Crippen LogP contribution in [0.2, 0.25) is 0 Å². The molecule has 0 aliphatic rings. The Balaban J connectivity index is 3.47. The predicted octanol–water partition coefficient (Wildman–Crippen LogP) is 4.11. The van der Waals surface area contributed by atoms with Gasteiger partial charge >= 0.3 is 0 Å². The number of rotatable bonds is 2. The van der Waals surface area contributed by atoms with E-state index in [4.69, 9.17) is 0 Å². The minimum atomic E-state index is 0.414. The fraction of sp³-hybridized carbons (Fsp3) is 0.500. The second-order valence-corrected chi connectivity index (χ2v) is 4.74. The lowest BCUT2D eigenvalue weighted by atomic mass is 9.87. The summed E-state index contributed by atoms with van der Waals surface area (Å²) in [7, 11) is 0. The Morgan fingerprint density at radius 3 is 1.67 bits per heavy atom. The summed E-state index contributed by atoms with van der Waals surface area (Å²) in [5, 5.41) is 9.24. The molecule has 1 aromatic rings. The summed E-state index contributed by atoms with van der Waals surface area (Å²) < 4.78 is 0. The van der Waals surface area contributed by atoms with E-state index >= 15 is 0 Å². The molecule has 1 nitrogen and oxygen atoms in total. The Kier molecular flexibility index (Phi) is 3.52. The highest BCUT2D eigenvalue weighted by molar-refractivity contribution is 5.49. The van der Waals surface area contributed by atoms with Crippen LogP contribution in [-0.4, -0.2) is 0 Å². The number of nitrogens with zero attached hydrogens (tertiary/aromatic N) is 1. The van der Waals surface area contributed by atoms with E-state index in [2.05, 4.69) is 52.8 Å². The molecule has 0 N–H and O–H groups in total. The molecule has 15 heavy (non-hydrogen) atoms. The molecular formula is C14H19N. The van der Waals surface area contributed by atoms with Crippen LogP contribution in [0.3, 0.4) is 0 Å². The summed E-state index contributed by atoms with van der Waals surface area (Å²) in [5.41, 5.74) is 4.49. The second kappa shape index (κ2) is 4.49. The third-order valence-corrected chi connectivity index (χ3v) is 2.70. The molecule has 0 unspecified atom stereocenters. The molecule has 0 spiro atoms. The van der Waals surface area contributed by atoms with Gasteiger partial charge in [-0.1, -0.05) is 45.4 Å². The third kappa shape index (κ3) is 2.39. The molecule has 0 heterocycles. The fourth-order valence-corrected chi connectivity index (χ4v) is 1.88.